The van der Waals surface area contributed by atoms with Gasteiger partial charge in [0.05, 0.1) is 5.56 Å². The van der Waals surface area contributed by atoms with Gasteiger partial charge in [-0.25, -0.2) is 4.79 Å². The Labute approximate surface area is 160 Å². The van der Waals surface area contributed by atoms with Crippen LogP contribution in [0.3, 0.4) is 0 Å². The lowest BCUT2D eigenvalue weighted by Gasteiger charge is -2.10. The normalized spacial score (nSPS) is 10.3. The number of benzene rings is 1. The van der Waals surface area contributed by atoms with Gasteiger partial charge in [0.25, 0.3) is 5.91 Å². The van der Waals surface area contributed by atoms with Gasteiger partial charge in [-0.05, 0) is 44.0 Å². The van der Waals surface area contributed by atoms with Crippen LogP contribution in [0.15, 0.2) is 18.2 Å². The quantitative estimate of drug-likeness (QED) is 0.748. The monoisotopic (exact) mass is 394 g/mol. The van der Waals surface area contributed by atoms with Crippen LogP contribution in [-0.4, -0.2) is 24.4 Å². The molecule has 2 aromatic rings. The molecular weight excluding hydrogens is 376 g/mol. The molecule has 0 fully saturated rings. The van der Waals surface area contributed by atoms with E-state index in [9.17, 15) is 14.4 Å². The first-order chi connectivity index (χ1) is 12.2. The van der Waals surface area contributed by atoms with Crippen molar-refractivity contribution in [3.63, 3.8) is 0 Å². The maximum Gasteiger partial charge on any atom is 0.341 e. The highest BCUT2D eigenvalue weighted by Gasteiger charge is 2.22. The summed E-state index contributed by atoms with van der Waals surface area (Å²) < 4.78 is 5.12. The zero-order valence-electron chi connectivity index (χ0n) is 14.9. The van der Waals surface area contributed by atoms with Gasteiger partial charge < -0.3 is 15.4 Å². The van der Waals surface area contributed by atoms with Crippen molar-refractivity contribution in [1.29, 1.82) is 0 Å². The molecule has 2 amide bonds. The number of hydrogen-bond donors (Lipinski definition) is 2. The van der Waals surface area contributed by atoms with E-state index in [-0.39, 0.29) is 11.5 Å². The second kappa shape index (κ2) is 8.33. The fourth-order valence-electron chi connectivity index (χ4n) is 2.24. The predicted molar refractivity (Wildman–Crippen MR) is 103 cm³/mol. The largest absolute Gasteiger partial charge is 0.452 e. The second-order valence-electron chi connectivity index (χ2n) is 5.75. The predicted octanol–water partition coefficient (Wildman–Crippen LogP) is 4.08. The number of thiophene rings is 1. The number of anilines is 2. The molecule has 0 aliphatic carbocycles. The molecule has 6 nitrogen and oxygen atoms in total. The van der Waals surface area contributed by atoms with Crippen LogP contribution in [-0.2, 0) is 14.3 Å². The van der Waals surface area contributed by atoms with Crippen LogP contribution in [0.5, 0.6) is 0 Å². The van der Waals surface area contributed by atoms with E-state index in [1.165, 1.54) is 18.3 Å². The summed E-state index contributed by atoms with van der Waals surface area (Å²) in [5.41, 5.74) is 2.38. The Morgan fingerprint density at radius 1 is 1.15 bits per heavy atom. The molecule has 0 aliphatic rings. The Bertz CT molecular complexity index is 876. The number of rotatable bonds is 5. The van der Waals surface area contributed by atoms with Gasteiger partial charge in [-0.2, -0.15) is 0 Å². The van der Waals surface area contributed by atoms with Gasteiger partial charge in [0.2, 0.25) is 5.91 Å². The van der Waals surface area contributed by atoms with Crippen LogP contribution in [0.1, 0.15) is 33.3 Å². The Kier molecular flexibility index (Phi) is 6.39. The first-order valence-electron chi connectivity index (χ1n) is 7.79. The minimum absolute atomic E-state index is 0.273. The molecular formula is C18H19ClN2O4S. The van der Waals surface area contributed by atoms with Crippen molar-refractivity contribution in [2.75, 3.05) is 17.2 Å². The van der Waals surface area contributed by atoms with Crippen LogP contribution in [0.4, 0.5) is 10.7 Å². The van der Waals surface area contributed by atoms with Crippen molar-refractivity contribution < 1.29 is 19.1 Å². The van der Waals surface area contributed by atoms with Gasteiger partial charge >= 0.3 is 5.97 Å². The molecule has 1 aromatic carbocycles. The summed E-state index contributed by atoms with van der Waals surface area (Å²) >= 11 is 7.21. The molecule has 8 heteroatoms. The Morgan fingerprint density at radius 2 is 1.85 bits per heavy atom. The highest BCUT2D eigenvalue weighted by Crippen LogP contribution is 2.33. The van der Waals surface area contributed by atoms with E-state index in [4.69, 9.17) is 16.3 Å². The molecule has 0 aliphatic heterocycles. The first kappa shape index (κ1) is 19.9. The van der Waals surface area contributed by atoms with Crippen molar-refractivity contribution >= 4 is 51.4 Å². The van der Waals surface area contributed by atoms with Gasteiger partial charge in [0, 0.05) is 22.5 Å². The molecule has 0 saturated heterocycles. The fraction of sp³-hybridized carbons (Fsp3) is 0.278. The van der Waals surface area contributed by atoms with Crippen molar-refractivity contribution in [3.8, 4) is 0 Å². The van der Waals surface area contributed by atoms with Crippen molar-refractivity contribution in [2.45, 2.75) is 27.7 Å². The first-order valence-corrected chi connectivity index (χ1v) is 8.99. The van der Waals surface area contributed by atoms with E-state index in [2.05, 4.69) is 10.6 Å². The van der Waals surface area contributed by atoms with E-state index in [0.717, 1.165) is 16.0 Å². The number of carbonyl (C=O) groups excluding carboxylic acids is 3. The summed E-state index contributed by atoms with van der Waals surface area (Å²) in [5.74, 6) is -1.42. The van der Waals surface area contributed by atoms with Crippen LogP contribution >= 0.6 is 22.9 Å². The van der Waals surface area contributed by atoms with Gasteiger partial charge in [-0.15, -0.1) is 11.3 Å². The summed E-state index contributed by atoms with van der Waals surface area (Å²) in [6.07, 6.45) is 0. The molecule has 0 radical (unpaired) electrons. The van der Waals surface area contributed by atoms with Gasteiger partial charge in [0.1, 0.15) is 5.00 Å². The zero-order chi connectivity index (χ0) is 19.4. The van der Waals surface area contributed by atoms with E-state index in [1.807, 2.05) is 13.8 Å². The SMILES string of the molecule is CC(=O)Nc1sc(C)c(C)c1C(=O)OCC(=O)Nc1cc(Cl)ccc1C. The molecule has 0 unspecified atom stereocenters. The Hall–Kier alpha value is -2.38. The molecule has 0 spiro atoms. The van der Waals surface area contributed by atoms with Gasteiger partial charge in [-0.1, -0.05) is 17.7 Å². The molecule has 0 atom stereocenters. The maximum atomic E-state index is 12.4. The number of esters is 1. The Balaban J connectivity index is 2.05. The lowest BCUT2D eigenvalue weighted by molar-refractivity contribution is -0.119. The van der Waals surface area contributed by atoms with Crippen molar-refractivity contribution in [1.82, 2.24) is 0 Å². The number of nitrogens with one attached hydrogen (secondary N) is 2. The van der Waals surface area contributed by atoms with Crippen molar-refractivity contribution in [3.05, 3.63) is 44.8 Å². The highest BCUT2D eigenvalue weighted by molar-refractivity contribution is 7.16. The second-order valence-corrected chi connectivity index (χ2v) is 7.41. The lowest BCUT2D eigenvalue weighted by atomic mass is 10.1. The average molecular weight is 395 g/mol. The lowest BCUT2D eigenvalue weighted by Crippen LogP contribution is -2.22. The topological polar surface area (TPSA) is 84.5 Å². The minimum Gasteiger partial charge on any atom is -0.452 e. The number of halogens is 1. The van der Waals surface area contributed by atoms with Crippen LogP contribution in [0, 0.1) is 20.8 Å². The third-order valence-electron chi connectivity index (χ3n) is 3.69. The number of ether oxygens (including phenoxy) is 1. The van der Waals surface area contributed by atoms with E-state index in [0.29, 0.717) is 15.7 Å². The van der Waals surface area contributed by atoms with Gasteiger partial charge in [-0.3, -0.25) is 9.59 Å². The molecule has 0 bridgehead atoms. The molecule has 1 heterocycles. The van der Waals surface area contributed by atoms with Crippen LogP contribution < -0.4 is 10.6 Å². The summed E-state index contributed by atoms with van der Waals surface area (Å²) in [6, 6.07) is 5.12. The zero-order valence-corrected chi connectivity index (χ0v) is 16.4. The van der Waals surface area contributed by atoms with Crippen LogP contribution in [0.25, 0.3) is 0 Å². The van der Waals surface area contributed by atoms with E-state index in [1.54, 1.807) is 25.1 Å². The Morgan fingerprint density at radius 3 is 2.50 bits per heavy atom. The van der Waals surface area contributed by atoms with Crippen LogP contribution in [0.2, 0.25) is 5.02 Å². The molecule has 2 rings (SSSR count). The number of amides is 2. The van der Waals surface area contributed by atoms with Gasteiger partial charge in [0.15, 0.2) is 6.61 Å². The third kappa shape index (κ3) is 4.83. The number of aryl methyl sites for hydroxylation is 2. The summed E-state index contributed by atoms with van der Waals surface area (Å²) in [5, 5.41) is 6.19. The molecule has 2 N–H and O–H groups in total. The molecule has 26 heavy (non-hydrogen) atoms. The van der Waals surface area contributed by atoms with E-state index < -0.39 is 18.5 Å². The molecule has 138 valence electrons. The third-order valence-corrected chi connectivity index (χ3v) is 5.04. The number of hydrogen-bond acceptors (Lipinski definition) is 5. The smallest absolute Gasteiger partial charge is 0.341 e. The highest BCUT2D eigenvalue weighted by atomic mass is 35.5. The maximum absolute atomic E-state index is 12.4. The summed E-state index contributed by atoms with van der Waals surface area (Å²) in [6.45, 7) is 6.36. The summed E-state index contributed by atoms with van der Waals surface area (Å²) in [7, 11) is 0. The summed E-state index contributed by atoms with van der Waals surface area (Å²) in [4.78, 5) is 36.7. The minimum atomic E-state index is -0.659. The fourth-order valence-corrected chi connectivity index (χ4v) is 3.51. The average Bonchev–Trinajstić information content (AvgIpc) is 2.82. The number of carbonyl (C=O) groups is 3. The molecule has 0 saturated carbocycles. The van der Waals surface area contributed by atoms with E-state index >= 15 is 0 Å². The molecule has 1 aromatic heterocycles. The standard InChI is InChI=1S/C18H19ClN2O4S/c1-9-5-6-13(19)7-14(9)21-15(23)8-25-18(24)16-10(2)11(3)26-17(16)20-12(4)22/h5-7H,8H2,1-4H3,(H,20,22)(H,21,23). The van der Waals surface area contributed by atoms with Crippen molar-refractivity contribution in [2.24, 2.45) is 0 Å².